The molecule has 0 radical (unpaired) electrons. The van der Waals surface area contributed by atoms with Crippen LogP contribution in [0.4, 0.5) is 0 Å². The molecule has 2 heterocycles. The standard InChI is InChI=1S/C13H23N3O2/c1-3-10(4-2)16-12(17)9-11(13(16)18)15-7-5-14-6-8-15/h10-11,14H,3-9H2,1-2H3. The highest BCUT2D eigenvalue weighted by Crippen LogP contribution is 2.23. The summed E-state index contributed by atoms with van der Waals surface area (Å²) < 4.78 is 0. The minimum Gasteiger partial charge on any atom is -0.314 e. The van der Waals surface area contributed by atoms with Gasteiger partial charge in [0.1, 0.15) is 0 Å². The highest BCUT2D eigenvalue weighted by atomic mass is 16.2. The topological polar surface area (TPSA) is 52.7 Å². The van der Waals surface area contributed by atoms with E-state index in [0.29, 0.717) is 6.42 Å². The van der Waals surface area contributed by atoms with E-state index in [4.69, 9.17) is 0 Å². The van der Waals surface area contributed by atoms with Crippen LogP contribution in [0.15, 0.2) is 0 Å². The number of hydrogen-bond acceptors (Lipinski definition) is 4. The fourth-order valence-corrected chi connectivity index (χ4v) is 2.95. The Hall–Kier alpha value is -0.940. The Balaban J connectivity index is 2.07. The van der Waals surface area contributed by atoms with Crippen LogP contribution < -0.4 is 5.32 Å². The molecule has 18 heavy (non-hydrogen) atoms. The lowest BCUT2D eigenvalue weighted by molar-refractivity contribution is -0.142. The van der Waals surface area contributed by atoms with E-state index in [1.54, 1.807) is 0 Å². The van der Waals surface area contributed by atoms with Crippen LogP contribution in [-0.2, 0) is 9.59 Å². The third kappa shape index (κ3) is 2.42. The number of nitrogens with zero attached hydrogens (tertiary/aromatic N) is 2. The molecule has 1 N–H and O–H groups in total. The molecule has 2 saturated heterocycles. The third-order valence-corrected chi connectivity index (χ3v) is 4.06. The Morgan fingerprint density at radius 1 is 1.22 bits per heavy atom. The van der Waals surface area contributed by atoms with Crippen LogP contribution >= 0.6 is 0 Å². The molecule has 0 aliphatic carbocycles. The van der Waals surface area contributed by atoms with Crippen LogP contribution in [0, 0.1) is 0 Å². The van der Waals surface area contributed by atoms with Crippen LogP contribution in [0.5, 0.6) is 0 Å². The Labute approximate surface area is 108 Å². The SMILES string of the molecule is CCC(CC)N1C(=O)CC(N2CCNCC2)C1=O. The molecule has 0 spiro atoms. The summed E-state index contributed by atoms with van der Waals surface area (Å²) in [5.74, 6) is 0.0350. The third-order valence-electron chi connectivity index (χ3n) is 4.06. The van der Waals surface area contributed by atoms with E-state index < -0.39 is 0 Å². The van der Waals surface area contributed by atoms with E-state index in [0.717, 1.165) is 39.0 Å². The quantitative estimate of drug-likeness (QED) is 0.728. The van der Waals surface area contributed by atoms with Crippen molar-refractivity contribution in [3.8, 4) is 0 Å². The molecule has 102 valence electrons. The number of nitrogens with one attached hydrogen (secondary N) is 1. The van der Waals surface area contributed by atoms with Crippen molar-refractivity contribution in [1.82, 2.24) is 15.1 Å². The number of piperazine rings is 1. The van der Waals surface area contributed by atoms with E-state index in [9.17, 15) is 9.59 Å². The highest BCUT2D eigenvalue weighted by molar-refractivity contribution is 6.05. The Bertz CT molecular complexity index is 322. The summed E-state index contributed by atoms with van der Waals surface area (Å²) in [6.45, 7) is 7.60. The summed E-state index contributed by atoms with van der Waals surface area (Å²) in [4.78, 5) is 28.1. The maximum Gasteiger partial charge on any atom is 0.247 e. The molecule has 2 aliphatic rings. The first-order valence-electron chi connectivity index (χ1n) is 6.99. The van der Waals surface area contributed by atoms with Crippen molar-refractivity contribution in [3.63, 3.8) is 0 Å². The summed E-state index contributed by atoms with van der Waals surface area (Å²) in [5, 5.41) is 3.27. The van der Waals surface area contributed by atoms with E-state index in [-0.39, 0.29) is 23.9 Å². The van der Waals surface area contributed by atoms with Gasteiger partial charge in [-0.1, -0.05) is 13.8 Å². The van der Waals surface area contributed by atoms with Crippen molar-refractivity contribution in [1.29, 1.82) is 0 Å². The molecule has 2 rings (SSSR count). The van der Waals surface area contributed by atoms with E-state index in [1.165, 1.54) is 4.90 Å². The number of hydrogen-bond donors (Lipinski definition) is 1. The van der Waals surface area contributed by atoms with Crippen molar-refractivity contribution < 1.29 is 9.59 Å². The van der Waals surface area contributed by atoms with Gasteiger partial charge in [-0.2, -0.15) is 0 Å². The van der Waals surface area contributed by atoms with Gasteiger partial charge in [-0.25, -0.2) is 0 Å². The molecular formula is C13H23N3O2. The zero-order valence-corrected chi connectivity index (χ0v) is 11.3. The molecule has 0 bridgehead atoms. The number of rotatable bonds is 4. The van der Waals surface area contributed by atoms with Crippen LogP contribution in [0.1, 0.15) is 33.1 Å². The predicted molar refractivity (Wildman–Crippen MR) is 69.1 cm³/mol. The largest absolute Gasteiger partial charge is 0.314 e. The molecule has 2 amide bonds. The van der Waals surface area contributed by atoms with Crippen molar-refractivity contribution >= 4 is 11.8 Å². The minimum atomic E-state index is -0.208. The zero-order chi connectivity index (χ0) is 13.1. The van der Waals surface area contributed by atoms with Gasteiger partial charge in [0.15, 0.2) is 0 Å². The van der Waals surface area contributed by atoms with Gasteiger partial charge in [0.2, 0.25) is 11.8 Å². The lowest BCUT2D eigenvalue weighted by Crippen LogP contribution is -2.51. The average Bonchev–Trinajstić information content (AvgIpc) is 2.69. The molecule has 5 heteroatoms. The first-order chi connectivity index (χ1) is 8.69. The van der Waals surface area contributed by atoms with Crippen LogP contribution in [0.25, 0.3) is 0 Å². The van der Waals surface area contributed by atoms with E-state index >= 15 is 0 Å². The van der Waals surface area contributed by atoms with Gasteiger partial charge in [-0.3, -0.25) is 19.4 Å². The second kappa shape index (κ2) is 5.80. The lowest BCUT2D eigenvalue weighted by Gasteiger charge is -2.32. The van der Waals surface area contributed by atoms with Gasteiger partial charge in [0.25, 0.3) is 0 Å². The van der Waals surface area contributed by atoms with E-state index in [1.807, 2.05) is 13.8 Å². The van der Waals surface area contributed by atoms with Gasteiger partial charge in [-0.05, 0) is 12.8 Å². The normalized spacial score (nSPS) is 26.4. The fourth-order valence-electron chi connectivity index (χ4n) is 2.95. The van der Waals surface area contributed by atoms with Gasteiger partial charge in [0, 0.05) is 32.2 Å². The summed E-state index contributed by atoms with van der Waals surface area (Å²) in [6.07, 6.45) is 2.07. The van der Waals surface area contributed by atoms with Crippen LogP contribution in [0.3, 0.4) is 0 Å². The van der Waals surface area contributed by atoms with Gasteiger partial charge in [0.05, 0.1) is 12.5 Å². The average molecular weight is 253 g/mol. The summed E-state index contributed by atoms with van der Waals surface area (Å²) in [6, 6.07) is -0.127. The molecule has 2 aliphatic heterocycles. The van der Waals surface area contributed by atoms with Crippen molar-refractivity contribution in [3.05, 3.63) is 0 Å². The second-order valence-corrected chi connectivity index (χ2v) is 5.08. The van der Waals surface area contributed by atoms with Crippen LogP contribution in [0.2, 0.25) is 0 Å². The van der Waals surface area contributed by atoms with Gasteiger partial charge >= 0.3 is 0 Å². The number of likely N-dealkylation sites (tertiary alicyclic amines) is 1. The van der Waals surface area contributed by atoms with Gasteiger partial charge < -0.3 is 5.32 Å². The summed E-state index contributed by atoms with van der Waals surface area (Å²) >= 11 is 0. The number of amides is 2. The molecule has 1 unspecified atom stereocenters. The monoisotopic (exact) mass is 253 g/mol. The number of carbonyl (C=O) groups is 2. The molecule has 0 saturated carbocycles. The number of imide groups is 1. The molecular weight excluding hydrogens is 230 g/mol. The van der Waals surface area contributed by atoms with Gasteiger partial charge in [-0.15, -0.1) is 0 Å². The van der Waals surface area contributed by atoms with Crippen molar-refractivity contribution in [2.45, 2.75) is 45.2 Å². The zero-order valence-electron chi connectivity index (χ0n) is 11.3. The molecule has 5 nitrogen and oxygen atoms in total. The highest BCUT2D eigenvalue weighted by Gasteiger charge is 2.44. The first kappa shape index (κ1) is 13.5. The smallest absolute Gasteiger partial charge is 0.247 e. The Morgan fingerprint density at radius 2 is 1.83 bits per heavy atom. The molecule has 0 aromatic heterocycles. The second-order valence-electron chi connectivity index (χ2n) is 5.08. The predicted octanol–water partition coefficient (Wildman–Crippen LogP) is 0.208. The maximum atomic E-state index is 12.4. The molecule has 1 atom stereocenters. The molecule has 2 fully saturated rings. The van der Waals surface area contributed by atoms with Crippen molar-refractivity contribution in [2.24, 2.45) is 0 Å². The summed E-state index contributed by atoms with van der Waals surface area (Å²) in [7, 11) is 0. The first-order valence-corrected chi connectivity index (χ1v) is 6.99. The Kier molecular flexibility index (Phi) is 4.35. The van der Waals surface area contributed by atoms with E-state index in [2.05, 4.69) is 10.2 Å². The Morgan fingerprint density at radius 3 is 2.39 bits per heavy atom. The fraction of sp³-hybridized carbons (Fsp3) is 0.846. The van der Waals surface area contributed by atoms with Crippen molar-refractivity contribution in [2.75, 3.05) is 26.2 Å². The summed E-state index contributed by atoms with van der Waals surface area (Å²) in [5.41, 5.74) is 0. The van der Waals surface area contributed by atoms with Crippen LogP contribution in [-0.4, -0.2) is 59.9 Å². The minimum absolute atomic E-state index is 0.0113. The molecule has 0 aromatic carbocycles. The number of carbonyl (C=O) groups excluding carboxylic acids is 2. The maximum absolute atomic E-state index is 12.4. The molecule has 0 aromatic rings. The lowest BCUT2D eigenvalue weighted by atomic mass is 10.1.